The third-order valence-electron chi connectivity index (χ3n) is 9.61. The summed E-state index contributed by atoms with van der Waals surface area (Å²) in [5.41, 5.74) is 4.04. The minimum Gasteiger partial charge on any atom is -0.508 e. The van der Waals surface area contributed by atoms with Crippen molar-refractivity contribution in [3.63, 3.8) is 0 Å². The van der Waals surface area contributed by atoms with Crippen molar-refractivity contribution in [2.75, 3.05) is 0 Å². The highest BCUT2D eigenvalue weighted by atomic mass is 28.4. The highest BCUT2D eigenvalue weighted by Crippen LogP contribution is 2.64. The second kappa shape index (κ2) is 7.96. The molecule has 0 heterocycles. The van der Waals surface area contributed by atoms with Gasteiger partial charge < -0.3 is 14.6 Å². The molecule has 1 aromatic carbocycles. The van der Waals surface area contributed by atoms with Crippen LogP contribution >= 0.6 is 0 Å². The van der Waals surface area contributed by atoms with Crippen molar-refractivity contribution in [2.45, 2.75) is 116 Å². The van der Waals surface area contributed by atoms with Gasteiger partial charge in [0.25, 0.3) is 0 Å². The predicted molar refractivity (Wildman–Crippen MR) is 139 cm³/mol. The lowest BCUT2D eigenvalue weighted by molar-refractivity contribution is -0.0710. The number of hydrogen-bond donors (Lipinski definition) is 2. The van der Waals surface area contributed by atoms with Crippen molar-refractivity contribution >= 4 is 8.32 Å². The fourth-order valence-electron chi connectivity index (χ4n) is 7.26. The number of hydrogen-bond acceptors (Lipinski definition) is 3. The topological polar surface area (TPSA) is 49.7 Å². The van der Waals surface area contributed by atoms with Gasteiger partial charge in [-0.05, 0) is 112 Å². The second-order valence-corrected chi connectivity index (χ2v) is 17.9. The molecule has 33 heavy (non-hydrogen) atoms. The number of aliphatic hydroxyl groups is 1. The molecule has 0 bridgehead atoms. The van der Waals surface area contributed by atoms with E-state index in [1.807, 2.05) is 12.1 Å². The molecular formula is C29H46O3Si. The van der Waals surface area contributed by atoms with Crippen LogP contribution < -0.4 is 0 Å². The van der Waals surface area contributed by atoms with Gasteiger partial charge in [-0.15, -0.1) is 0 Å². The van der Waals surface area contributed by atoms with Crippen molar-refractivity contribution in [1.29, 1.82) is 0 Å². The first-order chi connectivity index (χ1) is 15.1. The van der Waals surface area contributed by atoms with E-state index in [9.17, 15) is 10.2 Å². The summed E-state index contributed by atoms with van der Waals surface area (Å²) < 4.78 is 6.72. The van der Waals surface area contributed by atoms with E-state index < -0.39 is 13.9 Å². The molecule has 0 saturated heterocycles. The first-order valence-corrected chi connectivity index (χ1v) is 15.5. The quantitative estimate of drug-likeness (QED) is 0.457. The van der Waals surface area contributed by atoms with Crippen LogP contribution in [0.25, 0.3) is 0 Å². The molecule has 0 aliphatic heterocycles. The average molecular weight is 471 g/mol. The summed E-state index contributed by atoms with van der Waals surface area (Å²) in [6.07, 6.45) is 8.51. The van der Waals surface area contributed by atoms with Crippen LogP contribution in [0.15, 0.2) is 30.0 Å². The minimum absolute atomic E-state index is 0.0440. The Hall–Kier alpha value is -1.10. The molecule has 2 saturated carbocycles. The maximum atomic E-state index is 12.1. The van der Waals surface area contributed by atoms with E-state index in [1.54, 1.807) is 0 Å². The largest absolute Gasteiger partial charge is 0.508 e. The number of aryl methyl sites for hydroxylation is 1. The van der Waals surface area contributed by atoms with E-state index in [1.165, 1.54) is 17.5 Å². The molecule has 0 amide bonds. The molecule has 3 aliphatic rings. The van der Waals surface area contributed by atoms with Gasteiger partial charge in [-0.1, -0.05) is 45.5 Å². The van der Waals surface area contributed by atoms with Crippen LogP contribution in [0.4, 0.5) is 0 Å². The number of phenols is 1. The molecule has 0 aromatic heterocycles. The molecule has 0 radical (unpaired) electrons. The van der Waals surface area contributed by atoms with Crippen LogP contribution in [0, 0.1) is 17.3 Å². The van der Waals surface area contributed by atoms with Crippen molar-refractivity contribution in [2.24, 2.45) is 17.3 Å². The highest BCUT2D eigenvalue weighted by Gasteiger charge is 2.61. The van der Waals surface area contributed by atoms with Gasteiger partial charge in [-0.2, -0.15) is 0 Å². The maximum absolute atomic E-state index is 12.1. The van der Waals surface area contributed by atoms with Crippen LogP contribution in [0.5, 0.6) is 5.75 Å². The van der Waals surface area contributed by atoms with Gasteiger partial charge in [0.05, 0.1) is 5.60 Å². The molecule has 4 heteroatoms. The van der Waals surface area contributed by atoms with Crippen molar-refractivity contribution in [1.82, 2.24) is 0 Å². The Morgan fingerprint density at radius 2 is 1.76 bits per heavy atom. The van der Waals surface area contributed by atoms with Crippen molar-refractivity contribution in [3.05, 3.63) is 41.1 Å². The standard InChI is InChI=1S/C29H46O3Si/c1-26(2,3)32-33(8,27(4,5)6)18-17-29(31)16-14-25-24-11-9-20-19-21(30)10-12-22(20)23(24)13-15-28(25,29)7/h10,12,17-19,23-25,30-31H,9,11,13-16H2,1-8H3/b18-17+/t23-,24-,25+,28+,29-,33?/m1/s1. The lowest BCUT2D eigenvalue weighted by atomic mass is 9.53. The first kappa shape index (κ1) is 25.0. The number of rotatable bonds is 3. The van der Waals surface area contributed by atoms with Gasteiger partial charge in [0, 0.05) is 11.0 Å². The lowest BCUT2D eigenvalue weighted by Crippen LogP contribution is -2.51. The monoisotopic (exact) mass is 470 g/mol. The summed E-state index contributed by atoms with van der Waals surface area (Å²) in [6, 6.07) is 5.99. The normalized spacial score (nSPS) is 36.2. The summed E-state index contributed by atoms with van der Waals surface area (Å²) in [5, 5.41) is 22.1. The van der Waals surface area contributed by atoms with E-state index in [4.69, 9.17) is 4.43 Å². The Bertz CT molecular complexity index is 926. The molecule has 0 spiro atoms. The van der Waals surface area contributed by atoms with Gasteiger partial charge in [-0.3, -0.25) is 0 Å². The summed E-state index contributed by atoms with van der Waals surface area (Å²) >= 11 is 0. The predicted octanol–water partition coefficient (Wildman–Crippen LogP) is 7.27. The van der Waals surface area contributed by atoms with E-state index in [0.717, 1.165) is 32.1 Å². The van der Waals surface area contributed by atoms with E-state index in [0.29, 0.717) is 23.5 Å². The lowest BCUT2D eigenvalue weighted by Gasteiger charge is -2.53. The fourth-order valence-corrected chi connectivity index (χ4v) is 10.0. The summed E-state index contributed by atoms with van der Waals surface area (Å²) in [6.45, 7) is 17.9. The zero-order valence-electron chi connectivity index (χ0n) is 22.2. The molecule has 2 N–H and O–H groups in total. The summed E-state index contributed by atoms with van der Waals surface area (Å²) in [4.78, 5) is 0. The Labute approximate surface area is 202 Å². The zero-order chi connectivity index (χ0) is 24.4. The summed E-state index contributed by atoms with van der Waals surface area (Å²) in [7, 11) is -2.24. The van der Waals surface area contributed by atoms with Crippen LogP contribution in [0.1, 0.15) is 97.6 Å². The molecule has 1 unspecified atom stereocenters. The molecule has 4 rings (SSSR count). The number of phenolic OH excluding ortho intramolecular Hbond substituents is 1. The third kappa shape index (κ3) is 4.25. The fraction of sp³-hybridized carbons (Fsp3) is 0.724. The van der Waals surface area contributed by atoms with Crippen LogP contribution in [0.2, 0.25) is 11.6 Å². The first-order valence-electron chi connectivity index (χ1n) is 13.0. The zero-order valence-corrected chi connectivity index (χ0v) is 23.2. The molecule has 1 aromatic rings. The number of fused-ring (bicyclic) bond motifs is 5. The molecular weight excluding hydrogens is 424 g/mol. The van der Waals surface area contributed by atoms with Crippen LogP contribution in [-0.2, 0) is 10.8 Å². The molecule has 2 fully saturated rings. The maximum Gasteiger partial charge on any atom is 0.219 e. The number of benzene rings is 1. The molecule has 184 valence electrons. The smallest absolute Gasteiger partial charge is 0.219 e. The van der Waals surface area contributed by atoms with Gasteiger partial charge >= 0.3 is 0 Å². The Balaban J connectivity index is 1.62. The van der Waals surface area contributed by atoms with E-state index in [-0.39, 0.29) is 16.1 Å². The van der Waals surface area contributed by atoms with E-state index >= 15 is 0 Å². The van der Waals surface area contributed by atoms with Crippen LogP contribution in [0.3, 0.4) is 0 Å². The second-order valence-electron chi connectivity index (χ2n) is 13.6. The molecule has 3 nitrogen and oxygen atoms in total. The van der Waals surface area contributed by atoms with Gasteiger partial charge in [0.2, 0.25) is 8.32 Å². The van der Waals surface area contributed by atoms with Crippen molar-refractivity contribution < 1.29 is 14.6 Å². The van der Waals surface area contributed by atoms with E-state index in [2.05, 4.69) is 72.9 Å². The Morgan fingerprint density at radius 3 is 2.39 bits per heavy atom. The van der Waals surface area contributed by atoms with Gasteiger partial charge in [0.1, 0.15) is 5.75 Å². The van der Waals surface area contributed by atoms with Crippen molar-refractivity contribution in [3.8, 4) is 5.75 Å². The molecule has 3 aliphatic carbocycles. The number of aromatic hydroxyl groups is 1. The molecule has 6 atom stereocenters. The summed E-state index contributed by atoms with van der Waals surface area (Å²) in [5.74, 6) is 2.12. The van der Waals surface area contributed by atoms with Gasteiger partial charge in [0.15, 0.2) is 0 Å². The van der Waals surface area contributed by atoms with Gasteiger partial charge in [-0.25, -0.2) is 0 Å². The van der Waals surface area contributed by atoms with Crippen LogP contribution in [-0.4, -0.2) is 29.7 Å². The minimum atomic E-state index is -2.24. The third-order valence-corrected chi connectivity index (χ3v) is 14.4. The highest BCUT2D eigenvalue weighted by molar-refractivity contribution is 6.80. The Kier molecular flexibility index (Phi) is 6.03. The average Bonchev–Trinajstić information content (AvgIpc) is 2.95. The SMILES string of the molecule is CC(C)(C)O[Si](C)(/C=C/[C@]1(O)CC[C@H]2[C@@H]3CCc4cc(O)ccc4[C@H]3CC[C@@]21C)C(C)(C)C. The Morgan fingerprint density at radius 1 is 1.06 bits per heavy atom.